The Bertz CT molecular complexity index is 1070. The lowest BCUT2D eigenvalue weighted by Gasteiger charge is -2.14. The van der Waals surface area contributed by atoms with E-state index in [-0.39, 0.29) is 17.7 Å². The van der Waals surface area contributed by atoms with E-state index in [0.29, 0.717) is 29.1 Å². The second kappa shape index (κ2) is 8.78. The highest BCUT2D eigenvalue weighted by molar-refractivity contribution is 6.05. The molecule has 0 bridgehead atoms. The van der Waals surface area contributed by atoms with Gasteiger partial charge in [0.25, 0.3) is 5.91 Å². The fourth-order valence-corrected chi connectivity index (χ4v) is 3.86. The standard InChI is InChI=1S/C24H23N3O3/c1-30-22-14-19(10-11-21(22)27-24(29)18-6-4-12-25-15-18)26-23(28)13-17-9-8-16-5-2-3-7-20(16)17/h2-7,10-12,14-15,17H,8-9,13H2,1H3,(H,26,28)(H,27,29). The van der Waals surface area contributed by atoms with Crippen LogP contribution >= 0.6 is 0 Å². The maximum atomic E-state index is 12.6. The molecule has 1 aliphatic rings. The number of nitrogens with one attached hydrogen (secondary N) is 2. The maximum absolute atomic E-state index is 12.6. The molecule has 4 rings (SSSR count). The SMILES string of the molecule is COc1cc(NC(=O)CC2CCc3ccccc32)ccc1NC(=O)c1cccnc1. The minimum absolute atomic E-state index is 0.0362. The van der Waals surface area contributed by atoms with E-state index in [1.807, 2.05) is 12.1 Å². The van der Waals surface area contributed by atoms with Gasteiger partial charge >= 0.3 is 0 Å². The summed E-state index contributed by atoms with van der Waals surface area (Å²) < 4.78 is 5.40. The van der Waals surface area contributed by atoms with Crippen molar-refractivity contribution in [3.8, 4) is 5.75 Å². The number of hydrogen-bond acceptors (Lipinski definition) is 4. The van der Waals surface area contributed by atoms with E-state index >= 15 is 0 Å². The Hall–Kier alpha value is -3.67. The number of methoxy groups -OCH3 is 1. The van der Waals surface area contributed by atoms with E-state index in [9.17, 15) is 9.59 Å². The number of aromatic nitrogens is 1. The van der Waals surface area contributed by atoms with Crippen LogP contribution in [0.1, 0.15) is 40.2 Å². The predicted molar refractivity (Wildman–Crippen MR) is 116 cm³/mol. The molecule has 30 heavy (non-hydrogen) atoms. The lowest BCUT2D eigenvalue weighted by atomic mass is 9.97. The van der Waals surface area contributed by atoms with E-state index < -0.39 is 0 Å². The van der Waals surface area contributed by atoms with Crippen molar-refractivity contribution in [2.45, 2.75) is 25.2 Å². The van der Waals surface area contributed by atoms with Gasteiger partial charge in [-0.2, -0.15) is 0 Å². The van der Waals surface area contributed by atoms with Crippen LogP contribution in [0, 0.1) is 0 Å². The highest BCUT2D eigenvalue weighted by Gasteiger charge is 2.24. The van der Waals surface area contributed by atoms with Gasteiger partial charge in [-0.3, -0.25) is 14.6 Å². The van der Waals surface area contributed by atoms with Gasteiger partial charge in [-0.25, -0.2) is 0 Å². The summed E-state index contributed by atoms with van der Waals surface area (Å²) in [5, 5.41) is 5.76. The predicted octanol–water partition coefficient (Wildman–Crippen LogP) is 4.40. The Labute approximate surface area is 175 Å². The molecule has 6 heteroatoms. The van der Waals surface area contributed by atoms with E-state index in [2.05, 4.69) is 27.8 Å². The number of carbonyl (C=O) groups is 2. The lowest BCUT2D eigenvalue weighted by Crippen LogP contribution is -2.15. The highest BCUT2D eigenvalue weighted by Crippen LogP contribution is 2.35. The number of amides is 2. The number of anilines is 2. The molecule has 2 aromatic carbocycles. The molecule has 1 unspecified atom stereocenters. The normalized spacial score (nSPS) is 14.6. The molecule has 1 aliphatic carbocycles. The molecule has 3 aromatic rings. The van der Waals surface area contributed by atoms with Crippen LogP contribution in [0.15, 0.2) is 67.0 Å². The third-order valence-corrected chi connectivity index (χ3v) is 5.35. The summed E-state index contributed by atoms with van der Waals surface area (Å²) in [6.45, 7) is 0. The molecule has 1 heterocycles. The quantitative estimate of drug-likeness (QED) is 0.642. The summed E-state index contributed by atoms with van der Waals surface area (Å²) in [6.07, 6.45) is 5.57. The Morgan fingerprint density at radius 2 is 1.97 bits per heavy atom. The monoisotopic (exact) mass is 401 g/mol. The van der Waals surface area contributed by atoms with Crippen molar-refractivity contribution in [1.29, 1.82) is 0 Å². The summed E-state index contributed by atoms with van der Waals surface area (Å²) >= 11 is 0. The van der Waals surface area contributed by atoms with Crippen LogP contribution in [0.25, 0.3) is 0 Å². The smallest absolute Gasteiger partial charge is 0.257 e. The van der Waals surface area contributed by atoms with Crippen LogP contribution in [0.4, 0.5) is 11.4 Å². The number of carbonyl (C=O) groups excluding carboxylic acids is 2. The fourth-order valence-electron chi connectivity index (χ4n) is 3.86. The van der Waals surface area contributed by atoms with Gasteiger partial charge in [0, 0.05) is 30.6 Å². The van der Waals surface area contributed by atoms with Crippen molar-refractivity contribution in [3.63, 3.8) is 0 Å². The van der Waals surface area contributed by atoms with Gasteiger partial charge in [0.05, 0.1) is 18.4 Å². The minimum atomic E-state index is -0.280. The average molecular weight is 401 g/mol. The van der Waals surface area contributed by atoms with Gasteiger partial charge < -0.3 is 15.4 Å². The minimum Gasteiger partial charge on any atom is -0.494 e. The van der Waals surface area contributed by atoms with Crippen LogP contribution < -0.4 is 15.4 Å². The summed E-state index contributed by atoms with van der Waals surface area (Å²) in [6, 6.07) is 16.9. The van der Waals surface area contributed by atoms with E-state index in [0.717, 1.165) is 12.8 Å². The van der Waals surface area contributed by atoms with Crippen LogP contribution in [0.5, 0.6) is 5.75 Å². The van der Waals surface area contributed by atoms with Crippen LogP contribution in [0.3, 0.4) is 0 Å². The number of aryl methyl sites for hydroxylation is 1. The summed E-state index contributed by atoms with van der Waals surface area (Å²) in [5.74, 6) is 0.404. The van der Waals surface area contributed by atoms with Gasteiger partial charge in [-0.15, -0.1) is 0 Å². The molecule has 0 saturated heterocycles. The molecule has 2 N–H and O–H groups in total. The summed E-state index contributed by atoms with van der Waals surface area (Å²) in [7, 11) is 1.52. The molecule has 0 fully saturated rings. The number of nitrogens with zero attached hydrogens (tertiary/aromatic N) is 1. The zero-order chi connectivity index (χ0) is 20.9. The zero-order valence-corrected chi connectivity index (χ0v) is 16.7. The molecule has 0 aliphatic heterocycles. The molecule has 1 atom stereocenters. The third kappa shape index (κ3) is 4.33. The molecular weight excluding hydrogens is 378 g/mol. The highest BCUT2D eigenvalue weighted by atomic mass is 16.5. The molecule has 2 amide bonds. The Balaban J connectivity index is 1.41. The first-order valence-corrected chi connectivity index (χ1v) is 9.91. The molecule has 6 nitrogen and oxygen atoms in total. The largest absolute Gasteiger partial charge is 0.494 e. The van der Waals surface area contributed by atoms with Gasteiger partial charge in [0.2, 0.25) is 5.91 Å². The van der Waals surface area contributed by atoms with Gasteiger partial charge in [0.1, 0.15) is 5.75 Å². The fraction of sp³-hybridized carbons (Fsp3) is 0.208. The molecule has 152 valence electrons. The van der Waals surface area contributed by atoms with Crippen LogP contribution in [-0.4, -0.2) is 23.9 Å². The molecule has 0 saturated carbocycles. The second-order valence-corrected chi connectivity index (χ2v) is 7.30. The zero-order valence-electron chi connectivity index (χ0n) is 16.7. The molecule has 0 radical (unpaired) electrons. The molecule has 1 aromatic heterocycles. The molecular formula is C24H23N3O3. The first kappa shape index (κ1) is 19.6. The summed E-state index contributed by atoms with van der Waals surface area (Å²) in [4.78, 5) is 28.9. The van der Waals surface area contributed by atoms with E-state index in [1.165, 1.54) is 24.4 Å². The number of pyridine rings is 1. The van der Waals surface area contributed by atoms with Crippen molar-refractivity contribution in [2.24, 2.45) is 0 Å². The van der Waals surface area contributed by atoms with Gasteiger partial charge in [0.15, 0.2) is 0 Å². The Morgan fingerprint density at radius 3 is 2.77 bits per heavy atom. The number of rotatable bonds is 6. The van der Waals surface area contributed by atoms with E-state index in [4.69, 9.17) is 4.74 Å². The van der Waals surface area contributed by atoms with Gasteiger partial charge in [-0.1, -0.05) is 24.3 Å². The first-order chi connectivity index (χ1) is 14.6. The second-order valence-electron chi connectivity index (χ2n) is 7.30. The topological polar surface area (TPSA) is 80.3 Å². The maximum Gasteiger partial charge on any atom is 0.257 e. The number of hydrogen-bond donors (Lipinski definition) is 2. The Kier molecular flexibility index (Phi) is 5.75. The Morgan fingerprint density at radius 1 is 1.10 bits per heavy atom. The number of fused-ring (bicyclic) bond motifs is 1. The van der Waals surface area contributed by atoms with Crippen molar-refractivity contribution >= 4 is 23.2 Å². The number of benzene rings is 2. The molecule has 0 spiro atoms. The lowest BCUT2D eigenvalue weighted by molar-refractivity contribution is -0.116. The van der Waals surface area contributed by atoms with Crippen molar-refractivity contribution in [1.82, 2.24) is 4.98 Å². The number of ether oxygens (including phenoxy) is 1. The average Bonchev–Trinajstić information content (AvgIpc) is 3.18. The van der Waals surface area contributed by atoms with Gasteiger partial charge in [-0.05, 0) is 54.2 Å². The van der Waals surface area contributed by atoms with Crippen molar-refractivity contribution < 1.29 is 14.3 Å². The van der Waals surface area contributed by atoms with E-state index in [1.54, 1.807) is 36.5 Å². The van der Waals surface area contributed by atoms with Crippen molar-refractivity contribution in [2.75, 3.05) is 17.7 Å². The summed E-state index contributed by atoms with van der Waals surface area (Å²) in [5.41, 5.74) is 4.22. The third-order valence-electron chi connectivity index (χ3n) is 5.35. The van der Waals surface area contributed by atoms with Crippen LogP contribution in [0.2, 0.25) is 0 Å². The van der Waals surface area contributed by atoms with Crippen LogP contribution in [-0.2, 0) is 11.2 Å². The first-order valence-electron chi connectivity index (χ1n) is 9.91. The van der Waals surface area contributed by atoms with Crippen molar-refractivity contribution in [3.05, 3.63) is 83.7 Å².